The van der Waals surface area contributed by atoms with Crippen molar-refractivity contribution in [2.45, 2.75) is 0 Å². The molecular weight excluding hydrogens is 371 g/mol. The van der Waals surface area contributed by atoms with E-state index in [0.29, 0.717) is 15.7 Å². The van der Waals surface area contributed by atoms with Crippen LogP contribution in [0.2, 0.25) is 10.0 Å². The van der Waals surface area contributed by atoms with E-state index in [1.807, 2.05) is 24.3 Å². The van der Waals surface area contributed by atoms with E-state index in [2.05, 4.69) is 10.2 Å². The second kappa shape index (κ2) is 6.78. The van der Waals surface area contributed by atoms with Crippen LogP contribution in [-0.2, 0) is 0 Å². The molecule has 0 N–H and O–H groups in total. The van der Waals surface area contributed by atoms with Crippen molar-refractivity contribution in [1.82, 2.24) is 19.6 Å². The van der Waals surface area contributed by atoms with Crippen molar-refractivity contribution in [3.63, 3.8) is 0 Å². The number of aromatic nitrogens is 4. The highest BCUT2D eigenvalue weighted by Gasteiger charge is 2.14. The van der Waals surface area contributed by atoms with Gasteiger partial charge in [-0.1, -0.05) is 35.3 Å². The van der Waals surface area contributed by atoms with Gasteiger partial charge in [0.25, 0.3) is 0 Å². The molecule has 2 heterocycles. The summed E-state index contributed by atoms with van der Waals surface area (Å²) in [5.74, 6) is 0. The lowest BCUT2D eigenvalue weighted by Gasteiger charge is -2.10. The molecule has 4 rings (SSSR count). The summed E-state index contributed by atoms with van der Waals surface area (Å²) in [6.07, 6.45) is 3.23. The predicted molar refractivity (Wildman–Crippen MR) is 102 cm³/mol. The number of rotatable bonds is 3. The first-order chi connectivity index (χ1) is 12.6. The topological polar surface area (TPSA) is 52.7 Å². The summed E-state index contributed by atoms with van der Waals surface area (Å²) in [7, 11) is 0. The highest BCUT2D eigenvalue weighted by Crippen LogP contribution is 2.21. The number of hydrogen-bond acceptors (Lipinski definition) is 3. The SMILES string of the molecule is O=c1ccn(-c2cccc(Cl)c2)nc1-c1ccnn1-c1cccc(Cl)c1. The van der Waals surface area contributed by atoms with Gasteiger partial charge in [-0.15, -0.1) is 0 Å². The molecule has 26 heavy (non-hydrogen) atoms. The van der Waals surface area contributed by atoms with Crippen LogP contribution in [-0.4, -0.2) is 19.6 Å². The lowest BCUT2D eigenvalue weighted by molar-refractivity contribution is 0.823. The van der Waals surface area contributed by atoms with Crippen LogP contribution in [0.5, 0.6) is 0 Å². The number of halogens is 2. The van der Waals surface area contributed by atoms with E-state index in [1.165, 1.54) is 6.07 Å². The molecule has 0 saturated carbocycles. The van der Waals surface area contributed by atoms with E-state index < -0.39 is 0 Å². The minimum Gasteiger partial charge on any atom is -0.287 e. The molecule has 2 aromatic carbocycles. The Hall–Kier alpha value is -2.89. The summed E-state index contributed by atoms with van der Waals surface area (Å²) < 4.78 is 3.25. The van der Waals surface area contributed by atoms with Crippen LogP contribution in [0.15, 0.2) is 77.9 Å². The molecule has 0 fully saturated rings. The fourth-order valence-corrected chi connectivity index (χ4v) is 3.01. The third kappa shape index (κ3) is 3.14. The third-order valence-corrected chi connectivity index (χ3v) is 4.29. The maximum absolute atomic E-state index is 12.4. The average molecular weight is 383 g/mol. The van der Waals surface area contributed by atoms with Crippen molar-refractivity contribution in [2.24, 2.45) is 0 Å². The summed E-state index contributed by atoms with van der Waals surface area (Å²) in [5.41, 5.74) is 2.16. The van der Waals surface area contributed by atoms with Gasteiger partial charge in [0.2, 0.25) is 5.43 Å². The first-order valence-corrected chi connectivity index (χ1v) is 8.54. The van der Waals surface area contributed by atoms with E-state index in [-0.39, 0.29) is 11.1 Å². The molecular formula is C19H12Cl2N4O. The summed E-state index contributed by atoms with van der Waals surface area (Å²) >= 11 is 12.1. The molecule has 0 amide bonds. The minimum absolute atomic E-state index is 0.202. The molecule has 0 aliphatic heterocycles. The van der Waals surface area contributed by atoms with Gasteiger partial charge in [-0.3, -0.25) is 4.79 Å². The molecule has 0 bridgehead atoms. The van der Waals surface area contributed by atoms with Crippen LogP contribution in [0, 0.1) is 0 Å². The molecule has 0 atom stereocenters. The Morgan fingerprint density at radius 1 is 0.846 bits per heavy atom. The Bertz CT molecular complexity index is 1150. The van der Waals surface area contributed by atoms with Crippen LogP contribution >= 0.6 is 23.2 Å². The van der Waals surface area contributed by atoms with Gasteiger partial charge in [0.1, 0.15) is 0 Å². The van der Waals surface area contributed by atoms with Crippen LogP contribution < -0.4 is 5.43 Å². The highest BCUT2D eigenvalue weighted by atomic mass is 35.5. The molecule has 0 spiro atoms. The summed E-state index contributed by atoms with van der Waals surface area (Å²) in [4.78, 5) is 12.4. The van der Waals surface area contributed by atoms with Gasteiger partial charge < -0.3 is 0 Å². The second-order valence-electron chi connectivity index (χ2n) is 5.56. The van der Waals surface area contributed by atoms with Crippen molar-refractivity contribution in [1.29, 1.82) is 0 Å². The number of nitrogens with zero attached hydrogens (tertiary/aromatic N) is 4. The van der Waals surface area contributed by atoms with Gasteiger partial charge in [0, 0.05) is 22.3 Å². The Kier molecular flexibility index (Phi) is 4.32. The fraction of sp³-hybridized carbons (Fsp3) is 0. The molecule has 2 aromatic heterocycles. The normalized spacial score (nSPS) is 10.8. The zero-order valence-corrected chi connectivity index (χ0v) is 14.9. The Labute approximate surface area is 159 Å². The van der Waals surface area contributed by atoms with E-state index in [9.17, 15) is 4.79 Å². The first kappa shape index (κ1) is 16.6. The molecule has 7 heteroatoms. The average Bonchev–Trinajstić information content (AvgIpc) is 3.12. The Morgan fingerprint density at radius 2 is 1.54 bits per heavy atom. The predicted octanol–water partition coefficient (Wildman–Crippen LogP) is 4.39. The maximum atomic E-state index is 12.4. The van der Waals surface area contributed by atoms with E-state index in [1.54, 1.807) is 52.1 Å². The van der Waals surface area contributed by atoms with Gasteiger partial charge in [0.05, 0.1) is 23.3 Å². The van der Waals surface area contributed by atoms with Crippen molar-refractivity contribution in [3.05, 3.63) is 93.3 Å². The monoisotopic (exact) mass is 382 g/mol. The van der Waals surface area contributed by atoms with Crippen molar-refractivity contribution >= 4 is 23.2 Å². The summed E-state index contributed by atoms with van der Waals surface area (Å²) in [6.45, 7) is 0. The molecule has 4 aromatic rings. The second-order valence-corrected chi connectivity index (χ2v) is 6.43. The quantitative estimate of drug-likeness (QED) is 0.527. The molecule has 5 nitrogen and oxygen atoms in total. The van der Waals surface area contributed by atoms with Crippen molar-refractivity contribution in [3.8, 4) is 22.8 Å². The highest BCUT2D eigenvalue weighted by molar-refractivity contribution is 6.31. The zero-order chi connectivity index (χ0) is 18.1. The van der Waals surface area contributed by atoms with Crippen molar-refractivity contribution < 1.29 is 0 Å². The molecule has 128 valence electrons. The number of hydrogen-bond donors (Lipinski definition) is 0. The Balaban J connectivity index is 1.86. The molecule has 0 radical (unpaired) electrons. The standard InChI is InChI=1S/C19H12Cl2N4O/c20-13-3-1-5-15(11-13)24-10-8-18(26)19(23-24)17-7-9-22-25(17)16-6-2-4-14(21)12-16/h1-12H. The molecule has 0 saturated heterocycles. The third-order valence-electron chi connectivity index (χ3n) is 3.82. The van der Waals surface area contributed by atoms with Gasteiger partial charge in [0.15, 0.2) is 5.69 Å². The van der Waals surface area contributed by atoms with E-state index in [0.717, 1.165) is 11.4 Å². The first-order valence-electron chi connectivity index (χ1n) is 7.78. The summed E-state index contributed by atoms with van der Waals surface area (Å²) in [5, 5.41) is 9.97. The van der Waals surface area contributed by atoms with E-state index >= 15 is 0 Å². The van der Waals surface area contributed by atoms with Gasteiger partial charge in [-0.05, 0) is 42.5 Å². The lowest BCUT2D eigenvalue weighted by atomic mass is 10.2. The molecule has 0 aliphatic carbocycles. The molecule has 0 aliphatic rings. The smallest absolute Gasteiger partial charge is 0.209 e. The van der Waals surface area contributed by atoms with Gasteiger partial charge in [-0.2, -0.15) is 10.2 Å². The van der Waals surface area contributed by atoms with E-state index in [4.69, 9.17) is 23.2 Å². The lowest BCUT2D eigenvalue weighted by Crippen LogP contribution is -2.14. The minimum atomic E-state index is -0.202. The fourth-order valence-electron chi connectivity index (χ4n) is 2.64. The maximum Gasteiger partial charge on any atom is 0.209 e. The van der Waals surface area contributed by atoms with Crippen molar-refractivity contribution in [2.75, 3.05) is 0 Å². The van der Waals surface area contributed by atoms with Crippen LogP contribution in [0.4, 0.5) is 0 Å². The Morgan fingerprint density at radius 3 is 2.27 bits per heavy atom. The van der Waals surface area contributed by atoms with Crippen LogP contribution in [0.3, 0.4) is 0 Å². The van der Waals surface area contributed by atoms with Gasteiger partial charge >= 0.3 is 0 Å². The van der Waals surface area contributed by atoms with Crippen LogP contribution in [0.1, 0.15) is 0 Å². The zero-order valence-electron chi connectivity index (χ0n) is 13.4. The summed E-state index contributed by atoms with van der Waals surface area (Å²) in [6, 6.07) is 17.7. The van der Waals surface area contributed by atoms with Crippen LogP contribution in [0.25, 0.3) is 22.8 Å². The molecule has 0 unspecified atom stereocenters. The number of benzene rings is 2. The largest absolute Gasteiger partial charge is 0.287 e. The van der Waals surface area contributed by atoms with Gasteiger partial charge in [-0.25, -0.2) is 9.36 Å².